The fourth-order valence-corrected chi connectivity index (χ4v) is 2.30. The molecule has 0 bridgehead atoms. The van der Waals surface area contributed by atoms with Crippen LogP contribution in [0.2, 0.25) is 0 Å². The van der Waals surface area contributed by atoms with Crippen molar-refractivity contribution in [3.8, 4) is 0 Å². The summed E-state index contributed by atoms with van der Waals surface area (Å²) in [6.45, 7) is 6.03. The number of amidine groups is 1. The lowest BCUT2D eigenvalue weighted by Crippen LogP contribution is -2.36. The summed E-state index contributed by atoms with van der Waals surface area (Å²) in [5.41, 5.74) is 2.05. The Morgan fingerprint density at radius 2 is 2.35 bits per heavy atom. The van der Waals surface area contributed by atoms with Crippen LogP contribution in [0.1, 0.15) is 40.0 Å². The molecule has 0 spiro atoms. The Kier molecular flexibility index (Phi) is 4.77. The molecule has 0 aromatic heterocycles. The molecule has 108 valence electrons. The van der Waals surface area contributed by atoms with Gasteiger partial charge in [-0.05, 0) is 44.4 Å². The van der Waals surface area contributed by atoms with E-state index in [1.807, 2.05) is 32.2 Å². The fourth-order valence-electron chi connectivity index (χ4n) is 2.30. The van der Waals surface area contributed by atoms with Gasteiger partial charge in [-0.2, -0.15) is 0 Å². The molecule has 2 aliphatic rings. The summed E-state index contributed by atoms with van der Waals surface area (Å²) in [5.74, 6) is 1.09. The Hall–Kier alpha value is -1.84. The third-order valence-corrected chi connectivity index (χ3v) is 3.59. The van der Waals surface area contributed by atoms with Gasteiger partial charge in [-0.3, -0.25) is 9.79 Å². The second kappa shape index (κ2) is 6.55. The first-order chi connectivity index (χ1) is 9.60. The molecule has 0 aromatic carbocycles. The largest absolute Gasteiger partial charge is 0.376 e. The van der Waals surface area contributed by atoms with E-state index < -0.39 is 0 Å². The molecule has 0 aliphatic carbocycles. The summed E-state index contributed by atoms with van der Waals surface area (Å²) in [5, 5.41) is 6.47. The molecule has 2 heterocycles. The monoisotopic (exact) mass is 273 g/mol. The lowest BCUT2D eigenvalue weighted by molar-refractivity contribution is -0.119. The number of nitrogens with one attached hydrogen (secondary N) is 2. The number of hydrogen-bond acceptors (Lipinski definition) is 4. The minimum Gasteiger partial charge on any atom is -0.376 e. The molecule has 2 atom stereocenters. The smallest absolute Gasteiger partial charge is 0.158 e. The highest BCUT2D eigenvalue weighted by Crippen LogP contribution is 2.14. The normalized spacial score (nSPS) is 25.9. The lowest BCUT2D eigenvalue weighted by Gasteiger charge is -2.22. The highest BCUT2D eigenvalue weighted by Gasteiger charge is 2.18. The molecule has 4 heteroatoms. The third kappa shape index (κ3) is 3.59. The van der Waals surface area contributed by atoms with Crippen LogP contribution in [0.25, 0.3) is 0 Å². The van der Waals surface area contributed by atoms with Gasteiger partial charge in [0.15, 0.2) is 5.78 Å². The summed E-state index contributed by atoms with van der Waals surface area (Å²) in [6.07, 6.45) is 10.7. The van der Waals surface area contributed by atoms with Crippen molar-refractivity contribution >= 4 is 11.6 Å². The van der Waals surface area contributed by atoms with Crippen molar-refractivity contribution in [2.24, 2.45) is 4.99 Å². The Morgan fingerprint density at radius 1 is 1.55 bits per heavy atom. The molecule has 0 aromatic rings. The maximum atomic E-state index is 11.7. The molecule has 2 aliphatic heterocycles. The molecule has 0 radical (unpaired) electrons. The van der Waals surface area contributed by atoms with Gasteiger partial charge in [0.2, 0.25) is 0 Å². The minimum absolute atomic E-state index is 0.198. The van der Waals surface area contributed by atoms with Crippen molar-refractivity contribution in [2.75, 3.05) is 0 Å². The van der Waals surface area contributed by atoms with Crippen LogP contribution in [0.15, 0.2) is 40.7 Å². The molecule has 2 N–H and O–H groups in total. The predicted molar refractivity (Wildman–Crippen MR) is 82.5 cm³/mol. The fraction of sp³-hybridized carbons (Fsp3) is 0.500. The second-order valence-corrected chi connectivity index (χ2v) is 5.34. The van der Waals surface area contributed by atoms with Crippen molar-refractivity contribution < 1.29 is 4.79 Å². The zero-order valence-electron chi connectivity index (χ0n) is 12.4. The number of carbonyl (C=O) groups excluding carboxylic acids is 1. The number of ketones is 1. The van der Waals surface area contributed by atoms with Gasteiger partial charge in [0.25, 0.3) is 0 Å². The molecule has 2 unspecified atom stereocenters. The molecule has 20 heavy (non-hydrogen) atoms. The summed E-state index contributed by atoms with van der Waals surface area (Å²) < 4.78 is 0. The topological polar surface area (TPSA) is 53.5 Å². The number of allylic oxidation sites excluding steroid dienone is 2. The third-order valence-electron chi connectivity index (χ3n) is 3.59. The Bertz CT molecular complexity index is 500. The summed E-state index contributed by atoms with van der Waals surface area (Å²) in [4.78, 5) is 16.3. The van der Waals surface area contributed by atoms with E-state index in [1.165, 1.54) is 0 Å². The number of carbonyl (C=O) groups is 1. The van der Waals surface area contributed by atoms with Crippen LogP contribution in [0, 0.1) is 0 Å². The van der Waals surface area contributed by atoms with E-state index in [4.69, 9.17) is 0 Å². The van der Waals surface area contributed by atoms with Gasteiger partial charge in [-0.1, -0.05) is 13.0 Å². The molecule has 0 saturated carbocycles. The average Bonchev–Trinajstić information content (AvgIpc) is 2.64. The van der Waals surface area contributed by atoms with Crippen LogP contribution in [-0.4, -0.2) is 23.7 Å². The van der Waals surface area contributed by atoms with E-state index in [1.54, 1.807) is 0 Å². The van der Waals surface area contributed by atoms with Crippen LogP contribution in [0.4, 0.5) is 0 Å². The number of dihydropyridines is 1. The first-order valence-corrected chi connectivity index (χ1v) is 7.29. The zero-order chi connectivity index (χ0) is 14.5. The molecular weight excluding hydrogens is 250 g/mol. The number of aliphatic imine (C=N–C) groups is 1. The summed E-state index contributed by atoms with van der Waals surface area (Å²) in [7, 11) is 0. The zero-order valence-corrected chi connectivity index (χ0v) is 12.4. The van der Waals surface area contributed by atoms with Crippen molar-refractivity contribution in [2.45, 2.75) is 52.1 Å². The number of Topliss-reactive ketones (excluding diaryl/α,β-unsaturated/α-hetero) is 1. The van der Waals surface area contributed by atoms with Crippen LogP contribution in [0.3, 0.4) is 0 Å². The van der Waals surface area contributed by atoms with Crippen LogP contribution in [0.5, 0.6) is 0 Å². The van der Waals surface area contributed by atoms with Gasteiger partial charge < -0.3 is 10.6 Å². The van der Waals surface area contributed by atoms with Crippen molar-refractivity contribution in [1.82, 2.24) is 10.6 Å². The predicted octanol–water partition coefficient (Wildman–Crippen LogP) is 2.45. The quantitative estimate of drug-likeness (QED) is 0.830. The second-order valence-electron chi connectivity index (χ2n) is 5.34. The van der Waals surface area contributed by atoms with Gasteiger partial charge in [0.1, 0.15) is 11.9 Å². The van der Waals surface area contributed by atoms with Gasteiger partial charge in [-0.25, -0.2) is 0 Å². The lowest BCUT2D eigenvalue weighted by atomic mass is 10.0. The maximum Gasteiger partial charge on any atom is 0.158 e. The molecule has 4 nitrogen and oxygen atoms in total. The SMILES string of the molecule is CCC(=O)C1C=C(C)C(NC2=NC(C)CCC=C2)=CN1. The van der Waals surface area contributed by atoms with E-state index >= 15 is 0 Å². The highest BCUT2D eigenvalue weighted by atomic mass is 16.1. The molecule has 0 saturated heterocycles. The van der Waals surface area contributed by atoms with E-state index in [2.05, 4.69) is 28.6 Å². The van der Waals surface area contributed by atoms with E-state index in [0.29, 0.717) is 12.5 Å². The summed E-state index contributed by atoms with van der Waals surface area (Å²) >= 11 is 0. The number of nitrogens with zero attached hydrogens (tertiary/aromatic N) is 1. The number of rotatable bonds is 3. The molecule has 0 fully saturated rings. The van der Waals surface area contributed by atoms with Crippen LogP contribution in [-0.2, 0) is 4.79 Å². The number of hydrogen-bond donors (Lipinski definition) is 2. The van der Waals surface area contributed by atoms with Gasteiger partial charge in [0.05, 0.1) is 5.70 Å². The molecular formula is C16H23N3O. The van der Waals surface area contributed by atoms with Gasteiger partial charge in [-0.15, -0.1) is 0 Å². The maximum absolute atomic E-state index is 11.7. The molecule has 0 amide bonds. The summed E-state index contributed by atoms with van der Waals surface area (Å²) in [6, 6.07) is 0.138. The van der Waals surface area contributed by atoms with E-state index in [9.17, 15) is 4.79 Å². The van der Waals surface area contributed by atoms with Crippen molar-refractivity contribution in [1.29, 1.82) is 0 Å². The minimum atomic E-state index is -0.198. The van der Waals surface area contributed by atoms with Crippen LogP contribution >= 0.6 is 0 Å². The van der Waals surface area contributed by atoms with Crippen LogP contribution < -0.4 is 10.6 Å². The average molecular weight is 273 g/mol. The Morgan fingerprint density at radius 3 is 3.05 bits per heavy atom. The van der Waals surface area contributed by atoms with Gasteiger partial charge in [0, 0.05) is 18.7 Å². The first kappa shape index (κ1) is 14.6. The van der Waals surface area contributed by atoms with Crippen molar-refractivity contribution in [3.63, 3.8) is 0 Å². The highest BCUT2D eigenvalue weighted by molar-refractivity contribution is 5.95. The first-order valence-electron chi connectivity index (χ1n) is 7.29. The Balaban J connectivity index is 2.06. The van der Waals surface area contributed by atoms with E-state index in [0.717, 1.165) is 29.9 Å². The van der Waals surface area contributed by atoms with Crippen molar-refractivity contribution in [3.05, 3.63) is 35.7 Å². The van der Waals surface area contributed by atoms with Gasteiger partial charge >= 0.3 is 0 Å². The van der Waals surface area contributed by atoms with E-state index in [-0.39, 0.29) is 11.8 Å². The standard InChI is InChI=1S/C16H23N3O/c1-4-15(20)13-9-11(2)14(10-17-13)19-16-8-6-5-7-12(3)18-16/h6,8-10,12-13,17H,4-5,7H2,1-3H3,(H,18,19). The molecule has 2 rings (SSSR count). The Labute approximate surface area is 120 Å².